The van der Waals surface area contributed by atoms with Gasteiger partial charge in [-0.3, -0.25) is 4.79 Å². The van der Waals surface area contributed by atoms with Crippen molar-refractivity contribution in [2.45, 2.75) is 89.0 Å². The number of carbonyl (C=O) groups is 1. The van der Waals surface area contributed by atoms with Crippen molar-refractivity contribution in [3.05, 3.63) is 12.2 Å². The molecule has 0 aromatic rings. The first-order valence-corrected chi connectivity index (χ1v) is 10.6. The van der Waals surface area contributed by atoms with Gasteiger partial charge in [0.1, 0.15) is 11.7 Å². The molecule has 4 aliphatic rings. The van der Waals surface area contributed by atoms with Crippen molar-refractivity contribution >= 4 is 5.97 Å². The highest BCUT2D eigenvalue weighted by atomic mass is 16.6. The molecule has 1 spiro atoms. The van der Waals surface area contributed by atoms with Crippen LogP contribution in [0.25, 0.3) is 0 Å². The Labute approximate surface area is 171 Å². The molecule has 0 saturated heterocycles. The number of hydrogen-bond donors (Lipinski definition) is 5. The van der Waals surface area contributed by atoms with Crippen LogP contribution in [-0.4, -0.2) is 67.1 Å². The summed E-state index contributed by atoms with van der Waals surface area (Å²) in [5.74, 6) is -2.28. The molecule has 0 unspecified atom stereocenters. The number of aliphatic hydroxyl groups is 5. The zero-order valence-electron chi connectivity index (χ0n) is 17.6. The molecular formula is C22H34O7. The first-order chi connectivity index (χ1) is 13.2. The summed E-state index contributed by atoms with van der Waals surface area (Å²) in [4.78, 5) is 12.0. The lowest BCUT2D eigenvalue weighted by atomic mass is 9.57. The summed E-state index contributed by atoms with van der Waals surface area (Å²) in [5, 5.41) is 57.0. The average molecular weight is 411 g/mol. The molecule has 4 saturated carbocycles. The normalized spacial score (nSPS) is 55.8. The van der Waals surface area contributed by atoms with Gasteiger partial charge in [0.2, 0.25) is 0 Å². The number of aliphatic hydroxyl groups excluding tert-OH is 3. The van der Waals surface area contributed by atoms with Crippen LogP contribution in [0.5, 0.6) is 0 Å². The quantitative estimate of drug-likeness (QED) is 0.315. The molecule has 0 radical (unpaired) electrons. The SMILES string of the molecule is C=C1C[C@@]23C[C@@H](OC(C)=O)[C@@]4(O)[C@@H]([C@@H](O)[C@H](O)C4(C)C)[C@](C)(O)[C@@H]2CC[C@@H]1[C@H]3O. The first-order valence-electron chi connectivity index (χ1n) is 10.6. The lowest BCUT2D eigenvalue weighted by Gasteiger charge is -2.51. The minimum absolute atomic E-state index is 0.0869. The topological polar surface area (TPSA) is 127 Å². The predicted octanol–water partition coefficient (Wildman–Crippen LogP) is 0.515. The average Bonchev–Trinajstić information content (AvgIpc) is 2.80. The van der Waals surface area contributed by atoms with Crippen LogP contribution in [0.1, 0.15) is 53.4 Å². The second kappa shape index (κ2) is 6.04. The molecule has 4 rings (SSSR count). The highest BCUT2D eigenvalue weighted by molar-refractivity contribution is 5.66. The molecule has 0 amide bonds. The van der Waals surface area contributed by atoms with E-state index in [4.69, 9.17) is 4.74 Å². The highest BCUT2D eigenvalue weighted by Gasteiger charge is 2.78. The van der Waals surface area contributed by atoms with E-state index >= 15 is 0 Å². The Morgan fingerprint density at radius 2 is 1.72 bits per heavy atom. The van der Waals surface area contributed by atoms with Crippen molar-refractivity contribution in [2.75, 3.05) is 0 Å². The summed E-state index contributed by atoms with van der Waals surface area (Å²) >= 11 is 0. The van der Waals surface area contributed by atoms with Gasteiger partial charge < -0.3 is 30.3 Å². The molecule has 0 aromatic carbocycles. The van der Waals surface area contributed by atoms with Gasteiger partial charge in [0.15, 0.2) is 0 Å². The molecule has 0 aliphatic heterocycles. The Morgan fingerprint density at radius 1 is 1.10 bits per heavy atom. The van der Waals surface area contributed by atoms with Crippen molar-refractivity contribution in [1.29, 1.82) is 0 Å². The van der Waals surface area contributed by atoms with Crippen molar-refractivity contribution in [2.24, 2.45) is 28.6 Å². The third-order valence-electron chi connectivity index (χ3n) is 9.12. The Kier molecular flexibility index (Phi) is 4.42. The van der Waals surface area contributed by atoms with Crippen molar-refractivity contribution in [3.8, 4) is 0 Å². The van der Waals surface area contributed by atoms with Crippen LogP contribution in [0, 0.1) is 28.6 Å². The molecule has 4 aliphatic carbocycles. The number of fused-ring (bicyclic) bond motifs is 2. The maximum atomic E-state index is 12.1. The number of carbonyl (C=O) groups excluding carboxylic acids is 1. The molecular weight excluding hydrogens is 376 g/mol. The van der Waals surface area contributed by atoms with Crippen LogP contribution in [0.15, 0.2) is 12.2 Å². The Bertz CT molecular complexity index is 745. The first kappa shape index (κ1) is 21.2. The van der Waals surface area contributed by atoms with E-state index in [0.717, 1.165) is 5.57 Å². The van der Waals surface area contributed by atoms with E-state index in [1.54, 1.807) is 20.8 Å². The third-order valence-corrected chi connectivity index (χ3v) is 9.12. The zero-order chi connectivity index (χ0) is 21.7. The minimum Gasteiger partial charge on any atom is -0.459 e. The van der Waals surface area contributed by atoms with Gasteiger partial charge in [-0.2, -0.15) is 0 Å². The minimum atomic E-state index is -1.88. The Hall–Kier alpha value is -0.990. The summed E-state index contributed by atoms with van der Waals surface area (Å²) in [6.07, 6.45) is -2.72. The van der Waals surface area contributed by atoms with Gasteiger partial charge in [-0.15, -0.1) is 0 Å². The lowest BCUT2D eigenvalue weighted by Crippen LogP contribution is -2.62. The predicted molar refractivity (Wildman–Crippen MR) is 103 cm³/mol. The molecule has 4 fully saturated rings. The van der Waals surface area contributed by atoms with E-state index in [0.29, 0.717) is 19.3 Å². The van der Waals surface area contributed by atoms with E-state index < -0.39 is 64.3 Å². The fourth-order valence-electron chi connectivity index (χ4n) is 7.78. The van der Waals surface area contributed by atoms with E-state index in [1.165, 1.54) is 6.92 Å². The van der Waals surface area contributed by atoms with E-state index in [-0.39, 0.29) is 12.3 Å². The van der Waals surface area contributed by atoms with Crippen molar-refractivity contribution < 1.29 is 35.1 Å². The fraction of sp³-hybridized carbons (Fsp3) is 0.864. The van der Waals surface area contributed by atoms with Crippen LogP contribution >= 0.6 is 0 Å². The second-order valence-corrected chi connectivity index (χ2v) is 10.7. The summed E-state index contributed by atoms with van der Waals surface area (Å²) in [7, 11) is 0. The van der Waals surface area contributed by atoms with Gasteiger partial charge in [-0.05, 0) is 38.5 Å². The van der Waals surface area contributed by atoms with Crippen LogP contribution in [-0.2, 0) is 9.53 Å². The van der Waals surface area contributed by atoms with Gasteiger partial charge in [0.25, 0.3) is 0 Å². The molecule has 164 valence electrons. The van der Waals surface area contributed by atoms with E-state index in [1.807, 2.05) is 0 Å². The number of esters is 1. The van der Waals surface area contributed by atoms with Crippen molar-refractivity contribution in [3.63, 3.8) is 0 Å². The second-order valence-electron chi connectivity index (χ2n) is 10.7. The van der Waals surface area contributed by atoms with Crippen LogP contribution in [0.3, 0.4) is 0 Å². The van der Waals surface area contributed by atoms with E-state index in [9.17, 15) is 30.3 Å². The van der Waals surface area contributed by atoms with Crippen LogP contribution < -0.4 is 0 Å². The monoisotopic (exact) mass is 410 g/mol. The molecule has 0 aromatic heterocycles. The van der Waals surface area contributed by atoms with Gasteiger partial charge in [-0.25, -0.2) is 0 Å². The summed E-state index contributed by atoms with van der Waals surface area (Å²) < 4.78 is 5.63. The van der Waals surface area contributed by atoms with Gasteiger partial charge in [0, 0.05) is 29.6 Å². The standard InChI is InChI=1S/C22H34O7/c1-10-8-21-9-14(29-11(2)23)22(28)16(15(24)18(26)19(22,3)4)20(5,27)13(21)7-6-12(10)17(21)25/h12-18,24-28H,1,6-9H2,2-5H3/t12-,13-,14+,15+,16-,17+,18-,20+,21+,22+/m0/s1. The molecule has 7 heteroatoms. The molecule has 7 nitrogen and oxygen atoms in total. The Balaban J connectivity index is 1.96. The van der Waals surface area contributed by atoms with Gasteiger partial charge in [0.05, 0.1) is 23.9 Å². The summed E-state index contributed by atoms with van der Waals surface area (Å²) in [6.45, 7) is 10.2. The molecule has 10 atom stereocenters. The third kappa shape index (κ3) is 2.34. The fourth-order valence-corrected chi connectivity index (χ4v) is 7.78. The largest absolute Gasteiger partial charge is 0.459 e. The maximum Gasteiger partial charge on any atom is 0.303 e. The highest BCUT2D eigenvalue weighted by Crippen LogP contribution is 2.69. The van der Waals surface area contributed by atoms with Crippen molar-refractivity contribution in [1.82, 2.24) is 0 Å². The Morgan fingerprint density at radius 3 is 2.31 bits per heavy atom. The molecule has 0 heterocycles. The lowest BCUT2D eigenvalue weighted by molar-refractivity contribution is -0.218. The van der Waals surface area contributed by atoms with Gasteiger partial charge >= 0.3 is 5.97 Å². The van der Waals surface area contributed by atoms with E-state index in [2.05, 4.69) is 6.58 Å². The van der Waals surface area contributed by atoms with Crippen LogP contribution in [0.4, 0.5) is 0 Å². The number of hydrogen-bond acceptors (Lipinski definition) is 7. The number of rotatable bonds is 1. The van der Waals surface area contributed by atoms with Crippen LogP contribution in [0.2, 0.25) is 0 Å². The molecule has 29 heavy (non-hydrogen) atoms. The summed E-state index contributed by atoms with van der Waals surface area (Å²) in [5.41, 5.74) is -4.65. The summed E-state index contributed by atoms with van der Waals surface area (Å²) in [6, 6.07) is 0. The number of ether oxygens (including phenoxy) is 1. The van der Waals surface area contributed by atoms with Gasteiger partial charge in [-0.1, -0.05) is 26.0 Å². The molecule has 5 N–H and O–H groups in total. The molecule has 2 bridgehead atoms. The smallest absolute Gasteiger partial charge is 0.303 e. The maximum absolute atomic E-state index is 12.1. The zero-order valence-corrected chi connectivity index (χ0v) is 17.6.